The molecule has 0 aliphatic rings. The van der Waals surface area contributed by atoms with Crippen LogP contribution in [0.4, 0.5) is 0 Å². The summed E-state index contributed by atoms with van der Waals surface area (Å²) in [4.78, 5) is 0.0637. The molecule has 0 unspecified atom stereocenters. The largest absolute Gasteiger partial charge is 0.261 e. The van der Waals surface area contributed by atoms with Gasteiger partial charge < -0.3 is 0 Å². The van der Waals surface area contributed by atoms with Gasteiger partial charge in [0.25, 0.3) is 9.05 Å². The fourth-order valence-electron chi connectivity index (χ4n) is 1.36. The number of hydrogen-bond donors (Lipinski definition) is 0. The third kappa shape index (κ3) is 2.43. The highest BCUT2D eigenvalue weighted by molar-refractivity contribution is 8.13. The molecular formula is C12H8ClO2S. The van der Waals surface area contributed by atoms with Gasteiger partial charge in [0.15, 0.2) is 0 Å². The van der Waals surface area contributed by atoms with E-state index in [1.165, 1.54) is 12.1 Å². The van der Waals surface area contributed by atoms with Crippen molar-refractivity contribution >= 4 is 19.7 Å². The molecule has 0 saturated carbocycles. The third-order valence-electron chi connectivity index (χ3n) is 2.15. The van der Waals surface area contributed by atoms with Crippen LogP contribution in [-0.2, 0) is 9.05 Å². The smallest absolute Gasteiger partial charge is 0.207 e. The van der Waals surface area contributed by atoms with Crippen molar-refractivity contribution in [1.29, 1.82) is 0 Å². The van der Waals surface area contributed by atoms with E-state index in [9.17, 15) is 8.42 Å². The quantitative estimate of drug-likeness (QED) is 0.769. The van der Waals surface area contributed by atoms with E-state index in [0.717, 1.165) is 11.1 Å². The highest BCUT2D eigenvalue weighted by atomic mass is 35.7. The van der Waals surface area contributed by atoms with Crippen molar-refractivity contribution < 1.29 is 8.42 Å². The SMILES string of the molecule is O=S(=O)(Cl)c1c[c]c(-c2ccccc2)cc1. The lowest BCUT2D eigenvalue weighted by Crippen LogP contribution is -1.89. The Balaban J connectivity index is 2.41. The van der Waals surface area contributed by atoms with Gasteiger partial charge in [0.05, 0.1) is 4.90 Å². The lowest BCUT2D eigenvalue weighted by Gasteiger charge is -2.01. The first-order valence-corrected chi connectivity index (χ1v) is 6.90. The Hall–Kier alpha value is -1.32. The maximum atomic E-state index is 11.0. The summed E-state index contributed by atoms with van der Waals surface area (Å²) in [5.74, 6) is 0. The second kappa shape index (κ2) is 4.28. The zero-order valence-corrected chi connectivity index (χ0v) is 9.79. The van der Waals surface area contributed by atoms with Crippen molar-refractivity contribution in [2.24, 2.45) is 0 Å². The van der Waals surface area contributed by atoms with Crippen LogP contribution < -0.4 is 0 Å². The lowest BCUT2D eigenvalue weighted by atomic mass is 10.1. The Morgan fingerprint density at radius 1 is 1.00 bits per heavy atom. The summed E-state index contributed by atoms with van der Waals surface area (Å²) >= 11 is 0. The predicted molar refractivity (Wildman–Crippen MR) is 63.8 cm³/mol. The molecule has 0 bridgehead atoms. The fraction of sp³-hybridized carbons (Fsp3) is 0. The average molecular weight is 252 g/mol. The Bertz CT molecular complexity index is 574. The van der Waals surface area contributed by atoms with E-state index in [0.29, 0.717) is 0 Å². The van der Waals surface area contributed by atoms with Crippen LogP contribution in [0.15, 0.2) is 53.4 Å². The molecule has 0 N–H and O–H groups in total. The zero-order valence-electron chi connectivity index (χ0n) is 8.22. The van der Waals surface area contributed by atoms with Crippen molar-refractivity contribution in [3.63, 3.8) is 0 Å². The minimum absolute atomic E-state index is 0.0637. The summed E-state index contributed by atoms with van der Waals surface area (Å²) in [6.07, 6.45) is 0. The summed E-state index contributed by atoms with van der Waals surface area (Å²) in [6.45, 7) is 0. The van der Waals surface area contributed by atoms with Crippen LogP contribution in [0.3, 0.4) is 0 Å². The van der Waals surface area contributed by atoms with Crippen LogP contribution >= 0.6 is 10.7 Å². The fourth-order valence-corrected chi connectivity index (χ4v) is 2.08. The molecule has 16 heavy (non-hydrogen) atoms. The van der Waals surface area contributed by atoms with E-state index < -0.39 is 9.05 Å². The number of halogens is 1. The third-order valence-corrected chi connectivity index (χ3v) is 3.50. The molecule has 2 rings (SSSR count). The van der Waals surface area contributed by atoms with Gasteiger partial charge in [0.2, 0.25) is 0 Å². The molecule has 2 nitrogen and oxygen atoms in total. The number of rotatable bonds is 2. The van der Waals surface area contributed by atoms with Crippen molar-refractivity contribution in [3.8, 4) is 11.1 Å². The van der Waals surface area contributed by atoms with Crippen LogP contribution in [0, 0.1) is 6.07 Å². The van der Waals surface area contributed by atoms with Crippen LogP contribution in [0.25, 0.3) is 11.1 Å². The second-order valence-electron chi connectivity index (χ2n) is 3.24. The van der Waals surface area contributed by atoms with E-state index in [4.69, 9.17) is 10.7 Å². The molecule has 0 aromatic heterocycles. The van der Waals surface area contributed by atoms with Crippen LogP contribution in [0.5, 0.6) is 0 Å². The Labute approximate surface area is 98.9 Å². The molecule has 4 heteroatoms. The molecule has 0 spiro atoms. The molecule has 0 saturated heterocycles. The number of hydrogen-bond acceptors (Lipinski definition) is 2. The van der Waals surface area contributed by atoms with Gasteiger partial charge in [-0.1, -0.05) is 36.4 Å². The summed E-state index contributed by atoms with van der Waals surface area (Å²) in [7, 11) is 1.55. The first-order chi connectivity index (χ1) is 7.57. The highest BCUT2D eigenvalue weighted by Gasteiger charge is 2.09. The van der Waals surface area contributed by atoms with Gasteiger partial charge in [0, 0.05) is 10.7 Å². The average Bonchev–Trinajstić information content (AvgIpc) is 2.29. The molecule has 0 amide bonds. The molecule has 2 aromatic carbocycles. The van der Waals surface area contributed by atoms with Crippen molar-refractivity contribution in [2.45, 2.75) is 4.90 Å². The highest BCUT2D eigenvalue weighted by Crippen LogP contribution is 2.21. The maximum Gasteiger partial charge on any atom is 0.261 e. The zero-order chi connectivity index (χ0) is 11.6. The van der Waals surface area contributed by atoms with E-state index in [2.05, 4.69) is 6.07 Å². The molecule has 2 aromatic rings. The maximum absolute atomic E-state index is 11.0. The molecule has 0 heterocycles. The normalized spacial score (nSPS) is 11.3. The Morgan fingerprint density at radius 3 is 2.19 bits per heavy atom. The second-order valence-corrected chi connectivity index (χ2v) is 5.81. The molecule has 81 valence electrons. The van der Waals surface area contributed by atoms with Crippen molar-refractivity contribution in [3.05, 3.63) is 54.6 Å². The van der Waals surface area contributed by atoms with Gasteiger partial charge in [-0.15, -0.1) is 0 Å². The summed E-state index contributed by atoms with van der Waals surface area (Å²) in [6, 6.07) is 17.0. The minimum Gasteiger partial charge on any atom is -0.207 e. The van der Waals surface area contributed by atoms with Gasteiger partial charge in [-0.25, -0.2) is 8.42 Å². The molecule has 1 radical (unpaired) electrons. The Morgan fingerprint density at radius 2 is 1.69 bits per heavy atom. The van der Waals surface area contributed by atoms with E-state index >= 15 is 0 Å². The Kier molecular flexibility index (Phi) is 2.99. The van der Waals surface area contributed by atoms with E-state index in [1.54, 1.807) is 6.07 Å². The van der Waals surface area contributed by atoms with Gasteiger partial charge in [-0.2, -0.15) is 0 Å². The molecular weight excluding hydrogens is 244 g/mol. The monoisotopic (exact) mass is 251 g/mol. The van der Waals surface area contributed by atoms with Crippen molar-refractivity contribution in [1.82, 2.24) is 0 Å². The molecule has 0 aliphatic heterocycles. The minimum atomic E-state index is -3.66. The van der Waals surface area contributed by atoms with Crippen LogP contribution in [0.1, 0.15) is 0 Å². The first kappa shape index (κ1) is 11.2. The van der Waals surface area contributed by atoms with E-state index in [-0.39, 0.29) is 4.90 Å². The molecule has 0 aliphatic carbocycles. The topological polar surface area (TPSA) is 34.1 Å². The van der Waals surface area contributed by atoms with Gasteiger partial charge >= 0.3 is 0 Å². The first-order valence-electron chi connectivity index (χ1n) is 4.59. The van der Waals surface area contributed by atoms with E-state index in [1.807, 2.05) is 30.3 Å². The van der Waals surface area contributed by atoms with Gasteiger partial charge in [-0.05, 0) is 29.3 Å². The standard InChI is InChI=1S/C12H8ClO2S/c13-16(14,15)12-8-6-11(7-9-12)10-4-2-1-3-5-10/h1-6,8-9H. The van der Waals surface area contributed by atoms with Crippen LogP contribution in [0.2, 0.25) is 0 Å². The summed E-state index contributed by atoms with van der Waals surface area (Å²) < 4.78 is 22.1. The van der Waals surface area contributed by atoms with Gasteiger partial charge in [0.1, 0.15) is 0 Å². The summed E-state index contributed by atoms with van der Waals surface area (Å²) in [5.41, 5.74) is 1.82. The van der Waals surface area contributed by atoms with Gasteiger partial charge in [-0.3, -0.25) is 0 Å². The molecule has 0 atom stereocenters. The number of benzene rings is 2. The van der Waals surface area contributed by atoms with Crippen LogP contribution in [-0.4, -0.2) is 8.42 Å². The lowest BCUT2D eigenvalue weighted by molar-refractivity contribution is 0.609. The predicted octanol–water partition coefficient (Wildman–Crippen LogP) is 3.08. The molecule has 0 fully saturated rings. The van der Waals surface area contributed by atoms with Crippen molar-refractivity contribution in [2.75, 3.05) is 0 Å². The summed E-state index contributed by atoms with van der Waals surface area (Å²) in [5, 5.41) is 0.